The Morgan fingerprint density at radius 3 is 2.52 bits per heavy atom. The number of hydrogen-bond acceptors (Lipinski definition) is 4. The quantitative estimate of drug-likeness (QED) is 0.731. The van der Waals surface area contributed by atoms with Crippen LogP contribution in [-0.4, -0.2) is 31.3 Å². The molecular weight excluding hydrogens is 368 g/mol. The lowest BCUT2D eigenvalue weighted by molar-refractivity contribution is -0.119. The second-order valence-corrected chi connectivity index (χ2v) is 7.56. The molecule has 4 rings (SSSR count). The van der Waals surface area contributed by atoms with Crippen LogP contribution in [-0.2, 0) is 16.0 Å². The molecule has 2 amide bonds. The zero-order valence-electron chi connectivity index (χ0n) is 16.4. The van der Waals surface area contributed by atoms with Gasteiger partial charge in [0.15, 0.2) is 5.78 Å². The van der Waals surface area contributed by atoms with Crippen LogP contribution in [0.4, 0.5) is 11.4 Å². The Morgan fingerprint density at radius 2 is 1.83 bits per heavy atom. The van der Waals surface area contributed by atoms with E-state index in [0.717, 1.165) is 30.5 Å². The fourth-order valence-corrected chi connectivity index (χ4v) is 3.63. The number of nitrogens with zero attached hydrogens (tertiary/aromatic N) is 1. The lowest BCUT2D eigenvalue weighted by Crippen LogP contribution is -2.30. The van der Waals surface area contributed by atoms with E-state index in [1.54, 1.807) is 31.4 Å². The van der Waals surface area contributed by atoms with Gasteiger partial charge in [0, 0.05) is 42.2 Å². The van der Waals surface area contributed by atoms with Crippen LogP contribution in [0.3, 0.4) is 0 Å². The number of ketones is 1. The molecule has 6 heteroatoms. The number of amides is 2. The smallest absolute Gasteiger partial charge is 0.230 e. The first-order valence-electron chi connectivity index (χ1n) is 9.96. The summed E-state index contributed by atoms with van der Waals surface area (Å²) in [6, 6.07) is 12.5. The molecular formula is C23H24N2O4. The van der Waals surface area contributed by atoms with Crippen molar-refractivity contribution in [1.29, 1.82) is 0 Å². The first-order valence-corrected chi connectivity index (χ1v) is 9.96. The van der Waals surface area contributed by atoms with E-state index in [0.29, 0.717) is 23.5 Å². The SMILES string of the molecule is COc1ccc(C(=O)CCC(=O)Nc2ccc3c(c2)CCN3C(=O)C2CC2)cc1. The molecule has 2 aliphatic rings. The molecule has 0 bridgehead atoms. The van der Waals surface area contributed by atoms with Crippen molar-refractivity contribution < 1.29 is 19.1 Å². The fraction of sp³-hybridized carbons (Fsp3) is 0.348. The van der Waals surface area contributed by atoms with Gasteiger partial charge >= 0.3 is 0 Å². The maximum absolute atomic E-state index is 12.4. The number of carbonyl (C=O) groups is 3. The molecule has 0 aromatic heterocycles. The first-order chi connectivity index (χ1) is 14.0. The van der Waals surface area contributed by atoms with Gasteiger partial charge in [-0.25, -0.2) is 0 Å². The molecule has 1 saturated carbocycles. The third kappa shape index (κ3) is 4.31. The van der Waals surface area contributed by atoms with Gasteiger partial charge in [-0.15, -0.1) is 0 Å². The van der Waals surface area contributed by atoms with Gasteiger partial charge in [0.1, 0.15) is 5.75 Å². The monoisotopic (exact) mass is 392 g/mol. The maximum Gasteiger partial charge on any atom is 0.230 e. The summed E-state index contributed by atoms with van der Waals surface area (Å²) in [6.07, 6.45) is 3.05. The Kier molecular flexibility index (Phi) is 5.34. The van der Waals surface area contributed by atoms with Gasteiger partial charge in [0.2, 0.25) is 11.8 Å². The molecule has 0 saturated heterocycles. The Labute approximate surface area is 169 Å². The Balaban J connectivity index is 1.31. The van der Waals surface area contributed by atoms with E-state index in [9.17, 15) is 14.4 Å². The zero-order valence-corrected chi connectivity index (χ0v) is 16.4. The minimum atomic E-state index is -0.198. The molecule has 1 heterocycles. The van der Waals surface area contributed by atoms with Gasteiger partial charge in [-0.1, -0.05) is 0 Å². The number of nitrogens with one attached hydrogen (secondary N) is 1. The standard InChI is InChI=1S/C23H24N2O4/c1-29-19-7-4-15(5-8-19)21(26)10-11-22(27)24-18-6-9-20-17(14-18)12-13-25(20)23(28)16-2-3-16/h4-9,14,16H,2-3,10-13H2,1H3,(H,24,27). The summed E-state index contributed by atoms with van der Waals surface area (Å²) in [7, 11) is 1.57. The number of methoxy groups -OCH3 is 1. The van der Waals surface area contributed by atoms with E-state index in [1.165, 1.54) is 0 Å². The summed E-state index contributed by atoms with van der Waals surface area (Å²) in [4.78, 5) is 38.7. The molecule has 0 atom stereocenters. The Morgan fingerprint density at radius 1 is 1.07 bits per heavy atom. The van der Waals surface area contributed by atoms with Crippen LogP contribution in [0.15, 0.2) is 42.5 Å². The average Bonchev–Trinajstić information content (AvgIpc) is 3.51. The van der Waals surface area contributed by atoms with Crippen molar-refractivity contribution in [2.45, 2.75) is 32.1 Å². The van der Waals surface area contributed by atoms with Gasteiger partial charge in [-0.05, 0) is 67.3 Å². The van der Waals surface area contributed by atoms with Crippen LogP contribution in [0.2, 0.25) is 0 Å². The highest BCUT2D eigenvalue weighted by Gasteiger charge is 2.36. The molecule has 1 fully saturated rings. The fourth-order valence-electron chi connectivity index (χ4n) is 3.63. The van der Waals surface area contributed by atoms with Crippen LogP contribution in [0.1, 0.15) is 41.6 Å². The molecule has 1 N–H and O–H groups in total. The molecule has 29 heavy (non-hydrogen) atoms. The highest BCUT2D eigenvalue weighted by molar-refractivity contribution is 6.01. The number of ether oxygens (including phenoxy) is 1. The van der Waals surface area contributed by atoms with Crippen LogP contribution < -0.4 is 15.0 Å². The Hall–Kier alpha value is -3.15. The number of benzene rings is 2. The lowest BCUT2D eigenvalue weighted by Gasteiger charge is -2.17. The summed E-state index contributed by atoms with van der Waals surface area (Å²) in [5, 5.41) is 2.86. The third-order valence-corrected chi connectivity index (χ3v) is 5.44. The summed E-state index contributed by atoms with van der Waals surface area (Å²) >= 11 is 0. The molecule has 2 aromatic rings. The van der Waals surface area contributed by atoms with E-state index in [1.807, 2.05) is 23.1 Å². The molecule has 1 aliphatic carbocycles. The van der Waals surface area contributed by atoms with Crippen LogP contribution in [0, 0.1) is 5.92 Å². The lowest BCUT2D eigenvalue weighted by atomic mass is 10.1. The van der Waals surface area contributed by atoms with Crippen molar-refractivity contribution in [3.63, 3.8) is 0 Å². The van der Waals surface area contributed by atoms with Crippen LogP contribution in [0.25, 0.3) is 0 Å². The van der Waals surface area contributed by atoms with E-state index in [2.05, 4.69) is 5.32 Å². The van der Waals surface area contributed by atoms with Crippen molar-refractivity contribution in [2.24, 2.45) is 5.92 Å². The van der Waals surface area contributed by atoms with Crippen molar-refractivity contribution >= 4 is 29.0 Å². The topological polar surface area (TPSA) is 75.7 Å². The third-order valence-electron chi connectivity index (χ3n) is 5.44. The molecule has 0 spiro atoms. The van der Waals surface area contributed by atoms with Gasteiger partial charge in [0.25, 0.3) is 0 Å². The van der Waals surface area contributed by atoms with Gasteiger partial charge in [-0.2, -0.15) is 0 Å². The highest BCUT2D eigenvalue weighted by Crippen LogP contribution is 2.37. The zero-order chi connectivity index (χ0) is 20.4. The van der Waals surface area contributed by atoms with E-state index >= 15 is 0 Å². The normalized spacial score (nSPS) is 15.0. The second-order valence-electron chi connectivity index (χ2n) is 7.56. The highest BCUT2D eigenvalue weighted by atomic mass is 16.5. The number of Topliss-reactive ketones (excluding diaryl/α,β-unsaturated/α-hetero) is 1. The number of hydrogen-bond donors (Lipinski definition) is 1. The first kappa shape index (κ1) is 19.2. The second kappa shape index (κ2) is 8.07. The number of fused-ring (bicyclic) bond motifs is 1. The van der Waals surface area contributed by atoms with Crippen LogP contribution >= 0.6 is 0 Å². The largest absolute Gasteiger partial charge is 0.497 e. The average molecular weight is 392 g/mol. The number of anilines is 2. The molecule has 150 valence electrons. The minimum Gasteiger partial charge on any atom is -0.497 e. The summed E-state index contributed by atoms with van der Waals surface area (Å²) in [6.45, 7) is 0.707. The minimum absolute atomic E-state index is 0.0778. The predicted octanol–water partition coefficient (Wildman–Crippen LogP) is 3.60. The summed E-state index contributed by atoms with van der Waals surface area (Å²) in [5.74, 6) is 0.830. The molecule has 6 nitrogen and oxygen atoms in total. The van der Waals surface area contributed by atoms with Gasteiger partial charge in [0.05, 0.1) is 7.11 Å². The van der Waals surface area contributed by atoms with Crippen molar-refractivity contribution in [1.82, 2.24) is 0 Å². The summed E-state index contributed by atoms with van der Waals surface area (Å²) in [5.41, 5.74) is 3.30. The number of carbonyl (C=O) groups excluding carboxylic acids is 3. The Bertz CT molecular complexity index is 948. The van der Waals surface area contributed by atoms with Crippen molar-refractivity contribution in [3.8, 4) is 5.75 Å². The van der Waals surface area contributed by atoms with Gasteiger partial charge < -0.3 is 15.0 Å². The summed E-state index contributed by atoms with van der Waals surface area (Å²) < 4.78 is 5.08. The molecule has 1 aliphatic heterocycles. The van der Waals surface area contributed by atoms with Gasteiger partial charge in [-0.3, -0.25) is 14.4 Å². The predicted molar refractivity (Wildman–Crippen MR) is 110 cm³/mol. The number of rotatable bonds is 7. The van der Waals surface area contributed by atoms with E-state index in [-0.39, 0.29) is 36.4 Å². The maximum atomic E-state index is 12.4. The molecule has 0 radical (unpaired) electrons. The van der Waals surface area contributed by atoms with Crippen LogP contribution in [0.5, 0.6) is 5.75 Å². The van der Waals surface area contributed by atoms with Crippen molar-refractivity contribution in [2.75, 3.05) is 23.9 Å². The molecule has 0 unspecified atom stereocenters. The van der Waals surface area contributed by atoms with E-state index in [4.69, 9.17) is 4.74 Å². The van der Waals surface area contributed by atoms with E-state index < -0.39 is 0 Å². The van der Waals surface area contributed by atoms with Crippen molar-refractivity contribution in [3.05, 3.63) is 53.6 Å². The molecule has 2 aromatic carbocycles.